The van der Waals surface area contributed by atoms with Crippen molar-refractivity contribution in [1.29, 1.82) is 0 Å². The van der Waals surface area contributed by atoms with Gasteiger partial charge >= 0.3 is 0 Å². The fraction of sp³-hybridized carbons (Fsp3) is 0.294. The van der Waals surface area contributed by atoms with Crippen LogP contribution < -0.4 is 5.56 Å². The molecule has 136 valence electrons. The number of allylic oxidation sites excluding steroid dienone is 1. The van der Waals surface area contributed by atoms with Crippen molar-refractivity contribution in [3.8, 4) is 11.1 Å². The van der Waals surface area contributed by atoms with Gasteiger partial charge in [-0.15, -0.1) is 0 Å². The standard InChI is InChI=1S/C17H17N3O5S/c1-4-12-16(17(22)19-18-12)11-5-6-14-15(9(11)2)13(20-25-3)7-10(8-21)26(14,23)24/h5-6H,4,7H2,1-3H3,(H2,18,19,22). The first-order chi connectivity index (χ1) is 12.4. The van der Waals surface area contributed by atoms with E-state index in [0.29, 0.717) is 34.4 Å². The van der Waals surface area contributed by atoms with E-state index < -0.39 is 9.84 Å². The molecule has 3 rings (SSSR count). The zero-order chi connectivity index (χ0) is 19.1. The van der Waals surface area contributed by atoms with Gasteiger partial charge in [0.15, 0.2) is 0 Å². The van der Waals surface area contributed by atoms with Crippen molar-refractivity contribution in [3.63, 3.8) is 0 Å². The zero-order valence-corrected chi connectivity index (χ0v) is 15.3. The van der Waals surface area contributed by atoms with Gasteiger partial charge < -0.3 is 9.94 Å². The maximum absolute atomic E-state index is 12.7. The molecule has 2 N–H and O–H groups in total. The van der Waals surface area contributed by atoms with Gasteiger partial charge in [0.05, 0.1) is 16.2 Å². The summed E-state index contributed by atoms with van der Waals surface area (Å²) in [5.41, 5.74) is 2.72. The first kappa shape index (κ1) is 17.9. The normalized spacial score (nSPS) is 17.0. The van der Waals surface area contributed by atoms with Gasteiger partial charge in [-0.1, -0.05) is 18.1 Å². The van der Waals surface area contributed by atoms with Crippen LogP contribution in [0.2, 0.25) is 0 Å². The Morgan fingerprint density at radius 3 is 2.62 bits per heavy atom. The van der Waals surface area contributed by atoms with Gasteiger partial charge in [0, 0.05) is 17.7 Å². The number of aryl methyl sites for hydroxylation is 1. The lowest BCUT2D eigenvalue weighted by atomic mass is 9.92. The van der Waals surface area contributed by atoms with Crippen LogP contribution in [-0.4, -0.2) is 37.4 Å². The summed E-state index contributed by atoms with van der Waals surface area (Å²) >= 11 is 0. The molecule has 8 nitrogen and oxygen atoms in total. The number of aromatic amines is 2. The van der Waals surface area contributed by atoms with Crippen LogP contribution in [0.1, 0.15) is 30.2 Å². The number of fused-ring (bicyclic) bond motifs is 1. The molecule has 0 aliphatic carbocycles. The monoisotopic (exact) mass is 375 g/mol. The molecule has 0 radical (unpaired) electrons. The van der Waals surface area contributed by atoms with Gasteiger partial charge in [0.25, 0.3) is 5.56 Å². The van der Waals surface area contributed by atoms with Crippen molar-refractivity contribution in [2.75, 3.05) is 7.11 Å². The number of oxime groups is 1. The highest BCUT2D eigenvalue weighted by molar-refractivity contribution is 7.95. The van der Waals surface area contributed by atoms with Crippen molar-refractivity contribution < 1.29 is 18.0 Å². The number of H-pyrrole nitrogens is 2. The highest BCUT2D eigenvalue weighted by atomic mass is 32.2. The Hall–Kier alpha value is -2.90. The molecule has 0 bridgehead atoms. The third-order valence-corrected chi connectivity index (χ3v) is 6.25. The Morgan fingerprint density at radius 1 is 1.27 bits per heavy atom. The average molecular weight is 375 g/mol. The molecule has 26 heavy (non-hydrogen) atoms. The molecule has 0 fully saturated rings. The fourth-order valence-corrected chi connectivity index (χ4v) is 4.72. The summed E-state index contributed by atoms with van der Waals surface area (Å²) in [6.07, 6.45) is 0.390. The summed E-state index contributed by atoms with van der Waals surface area (Å²) in [4.78, 5) is 27.8. The van der Waals surface area contributed by atoms with E-state index in [2.05, 4.69) is 15.4 Å². The van der Waals surface area contributed by atoms with Crippen LogP contribution in [0.3, 0.4) is 0 Å². The number of aromatic nitrogens is 2. The van der Waals surface area contributed by atoms with Gasteiger partial charge in [-0.2, -0.15) is 0 Å². The Morgan fingerprint density at radius 2 is 2.00 bits per heavy atom. The maximum atomic E-state index is 12.7. The van der Waals surface area contributed by atoms with E-state index in [9.17, 15) is 18.0 Å². The number of nitrogens with zero attached hydrogens (tertiary/aromatic N) is 1. The minimum absolute atomic E-state index is 0.0378. The molecule has 2 aromatic rings. The second-order valence-electron chi connectivity index (χ2n) is 5.82. The quantitative estimate of drug-likeness (QED) is 0.622. The van der Waals surface area contributed by atoms with E-state index in [1.54, 1.807) is 13.0 Å². The van der Waals surface area contributed by atoms with E-state index in [1.807, 2.05) is 6.92 Å². The Bertz CT molecular complexity index is 1130. The lowest BCUT2D eigenvalue weighted by Crippen LogP contribution is -2.23. The lowest BCUT2D eigenvalue weighted by Gasteiger charge is -2.22. The largest absolute Gasteiger partial charge is 0.399 e. The molecular formula is C17H17N3O5S. The number of sulfone groups is 1. The fourth-order valence-electron chi connectivity index (χ4n) is 3.23. The van der Waals surface area contributed by atoms with Crippen molar-refractivity contribution in [2.45, 2.75) is 31.6 Å². The topological polar surface area (TPSA) is 121 Å². The van der Waals surface area contributed by atoms with E-state index >= 15 is 0 Å². The van der Waals surface area contributed by atoms with Crippen LogP contribution in [-0.2, 0) is 25.9 Å². The van der Waals surface area contributed by atoms with Crippen LogP contribution >= 0.6 is 0 Å². The molecule has 0 unspecified atom stereocenters. The van der Waals surface area contributed by atoms with E-state index in [-0.39, 0.29) is 21.8 Å². The molecule has 1 aromatic heterocycles. The third-order valence-electron chi connectivity index (χ3n) is 4.45. The van der Waals surface area contributed by atoms with Gasteiger partial charge in [0.2, 0.25) is 9.84 Å². The second kappa shape index (κ2) is 6.44. The predicted molar refractivity (Wildman–Crippen MR) is 95.5 cm³/mol. The molecule has 0 saturated heterocycles. The Labute approximate surface area is 149 Å². The number of nitrogens with one attached hydrogen (secondary N) is 2. The molecule has 1 aliphatic rings. The number of benzene rings is 1. The minimum atomic E-state index is -3.96. The van der Waals surface area contributed by atoms with Gasteiger partial charge in [-0.25, -0.2) is 13.2 Å². The molecule has 0 spiro atoms. The van der Waals surface area contributed by atoms with E-state index in [0.717, 1.165) is 5.69 Å². The molecular weight excluding hydrogens is 358 g/mol. The van der Waals surface area contributed by atoms with Crippen molar-refractivity contribution in [1.82, 2.24) is 10.2 Å². The van der Waals surface area contributed by atoms with Crippen LogP contribution in [0.25, 0.3) is 11.1 Å². The first-order valence-corrected chi connectivity index (χ1v) is 9.38. The van der Waals surface area contributed by atoms with E-state index in [4.69, 9.17) is 4.84 Å². The van der Waals surface area contributed by atoms with Gasteiger partial charge in [0.1, 0.15) is 18.0 Å². The molecule has 1 aliphatic heterocycles. The number of hydrogen-bond donors (Lipinski definition) is 2. The summed E-state index contributed by atoms with van der Waals surface area (Å²) in [6.45, 7) is 3.62. The highest BCUT2D eigenvalue weighted by Gasteiger charge is 2.36. The van der Waals surface area contributed by atoms with Crippen LogP contribution in [0.4, 0.5) is 0 Å². The third kappa shape index (κ3) is 2.53. The molecule has 0 amide bonds. The minimum Gasteiger partial charge on any atom is -0.399 e. The molecule has 0 saturated carbocycles. The first-order valence-electron chi connectivity index (χ1n) is 7.89. The predicted octanol–water partition coefficient (Wildman–Crippen LogP) is 1.48. The maximum Gasteiger partial charge on any atom is 0.272 e. The average Bonchev–Trinajstić information content (AvgIpc) is 2.98. The summed E-state index contributed by atoms with van der Waals surface area (Å²) in [6, 6.07) is 2.96. The summed E-state index contributed by atoms with van der Waals surface area (Å²) in [7, 11) is -2.62. The van der Waals surface area contributed by atoms with Gasteiger partial charge in [-0.05, 0) is 30.5 Å². The Balaban J connectivity index is 2.40. The number of carbonyl (C=O) groups excluding carboxylic acids is 1. The van der Waals surface area contributed by atoms with Crippen LogP contribution in [0.15, 0.2) is 31.9 Å². The zero-order valence-electron chi connectivity index (χ0n) is 14.5. The van der Waals surface area contributed by atoms with Crippen molar-refractivity contribution in [2.24, 2.45) is 5.16 Å². The summed E-state index contributed by atoms with van der Waals surface area (Å²) in [5.74, 6) is 1.49. The van der Waals surface area contributed by atoms with E-state index in [1.165, 1.54) is 19.1 Å². The van der Waals surface area contributed by atoms with Crippen molar-refractivity contribution in [3.05, 3.63) is 44.2 Å². The van der Waals surface area contributed by atoms with Crippen molar-refractivity contribution >= 4 is 21.5 Å². The summed E-state index contributed by atoms with van der Waals surface area (Å²) in [5, 5.41) is 9.28. The van der Waals surface area contributed by atoms with Crippen LogP contribution in [0.5, 0.6) is 0 Å². The number of rotatable bonds is 3. The smallest absolute Gasteiger partial charge is 0.272 e. The molecule has 1 aromatic carbocycles. The SMILES string of the molecule is CCc1[nH][nH]c(=O)c1-c1ccc2c(c1C)C(=NOC)CC(=C=O)S2(=O)=O. The molecule has 9 heteroatoms. The lowest BCUT2D eigenvalue weighted by molar-refractivity contribution is 0.213. The number of hydrogen-bond acceptors (Lipinski definition) is 6. The molecule has 2 heterocycles. The summed E-state index contributed by atoms with van der Waals surface area (Å²) < 4.78 is 25.3. The van der Waals surface area contributed by atoms with Crippen LogP contribution in [0, 0.1) is 6.92 Å². The van der Waals surface area contributed by atoms with Gasteiger partial charge in [-0.3, -0.25) is 9.89 Å². The Kier molecular flexibility index (Phi) is 4.43. The molecule has 0 atom stereocenters. The second-order valence-corrected chi connectivity index (χ2v) is 7.76. The highest BCUT2D eigenvalue weighted by Crippen LogP contribution is 2.37.